The fourth-order valence-electron chi connectivity index (χ4n) is 3.18. The summed E-state index contributed by atoms with van der Waals surface area (Å²) in [5.41, 5.74) is -0.0424. The molecule has 0 unspecified atom stereocenters. The maximum atomic E-state index is 5.84. The van der Waals surface area contributed by atoms with Crippen molar-refractivity contribution in [1.82, 2.24) is 20.6 Å². The minimum atomic E-state index is -0.0424. The van der Waals surface area contributed by atoms with E-state index in [4.69, 9.17) is 4.42 Å². The van der Waals surface area contributed by atoms with Gasteiger partial charge in [-0.25, -0.2) is 15.0 Å². The van der Waals surface area contributed by atoms with Gasteiger partial charge < -0.3 is 20.0 Å². The van der Waals surface area contributed by atoms with E-state index in [-0.39, 0.29) is 5.41 Å². The summed E-state index contributed by atoms with van der Waals surface area (Å²) < 4.78 is 5.84. The zero-order chi connectivity index (χ0) is 20.0. The number of hydrogen-bond donors (Lipinski definition) is 2. The van der Waals surface area contributed by atoms with Crippen LogP contribution in [0, 0.1) is 0 Å². The van der Waals surface area contributed by atoms with Crippen molar-refractivity contribution in [3.05, 3.63) is 42.2 Å². The Morgan fingerprint density at radius 3 is 2.64 bits per heavy atom. The van der Waals surface area contributed by atoms with Crippen molar-refractivity contribution in [3.8, 4) is 0 Å². The molecule has 2 aromatic rings. The summed E-state index contributed by atoms with van der Waals surface area (Å²) in [6, 6.07) is 6.46. The third-order valence-corrected chi connectivity index (χ3v) is 4.82. The van der Waals surface area contributed by atoms with Crippen LogP contribution in [0.15, 0.2) is 40.0 Å². The Kier molecular flexibility index (Phi) is 6.54. The zero-order valence-electron chi connectivity index (χ0n) is 17.4. The summed E-state index contributed by atoms with van der Waals surface area (Å²) in [5, 5.41) is 6.88. The molecule has 0 radical (unpaired) electrons. The van der Waals surface area contributed by atoms with E-state index in [2.05, 4.69) is 64.3 Å². The molecule has 1 aliphatic heterocycles. The van der Waals surface area contributed by atoms with Crippen LogP contribution in [0.1, 0.15) is 52.2 Å². The molecule has 0 aromatic carbocycles. The van der Waals surface area contributed by atoms with Crippen LogP contribution in [-0.4, -0.2) is 41.6 Å². The number of guanidine groups is 1. The summed E-state index contributed by atoms with van der Waals surface area (Å²) in [5.74, 6) is 3.40. The first kappa shape index (κ1) is 20.2. The SMILES string of the molecule is CCNC(=NCc1ncc(C(C)(C)C)o1)NC1CCN(c2ccccn2)CC1. The fraction of sp³-hybridized carbons (Fsp3) is 0.571. The van der Waals surface area contributed by atoms with E-state index in [1.54, 1.807) is 6.20 Å². The van der Waals surface area contributed by atoms with E-state index in [1.165, 1.54) is 0 Å². The number of oxazole rings is 1. The Hall–Kier alpha value is -2.57. The topological polar surface area (TPSA) is 78.6 Å². The molecule has 0 spiro atoms. The van der Waals surface area contributed by atoms with E-state index >= 15 is 0 Å². The van der Waals surface area contributed by atoms with Gasteiger partial charge in [-0.15, -0.1) is 0 Å². The lowest BCUT2D eigenvalue weighted by molar-refractivity contribution is 0.383. The molecule has 3 heterocycles. The first-order valence-electron chi connectivity index (χ1n) is 10.1. The summed E-state index contributed by atoms with van der Waals surface area (Å²) in [6.07, 6.45) is 5.75. The second-order valence-corrected chi connectivity index (χ2v) is 8.16. The normalized spacial score (nSPS) is 16.3. The van der Waals surface area contributed by atoms with Gasteiger partial charge in [-0.2, -0.15) is 0 Å². The molecule has 0 bridgehead atoms. The average molecular weight is 385 g/mol. The Morgan fingerprint density at radius 2 is 2.04 bits per heavy atom. The van der Waals surface area contributed by atoms with Gasteiger partial charge in [0.15, 0.2) is 5.96 Å². The van der Waals surface area contributed by atoms with Crippen molar-refractivity contribution in [2.24, 2.45) is 4.99 Å². The molecule has 1 fully saturated rings. The molecule has 0 amide bonds. The molecular weight excluding hydrogens is 352 g/mol. The second-order valence-electron chi connectivity index (χ2n) is 8.16. The highest BCUT2D eigenvalue weighted by Crippen LogP contribution is 2.23. The van der Waals surface area contributed by atoms with Gasteiger partial charge in [-0.1, -0.05) is 26.8 Å². The lowest BCUT2D eigenvalue weighted by Crippen LogP contribution is -2.48. The number of nitrogens with one attached hydrogen (secondary N) is 2. The Morgan fingerprint density at radius 1 is 1.25 bits per heavy atom. The van der Waals surface area contributed by atoms with Crippen molar-refractivity contribution < 1.29 is 4.42 Å². The lowest BCUT2D eigenvalue weighted by Gasteiger charge is -2.33. The van der Waals surface area contributed by atoms with Gasteiger partial charge >= 0.3 is 0 Å². The third kappa shape index (κ3) is 5.47. The molecule has 7 heteroatoms. The molecule has 0 saturated carbocycles. The van der Waals surface area contributed by atoms with Gasteiger partial charge in [0.1, 0.15) is 18.1 Å². The number of piperidine rings is 1. The second kappa shape index (κ2) is 9.08. The van der Waals surface area contributed by atoms with Gasteiger partial charge in [-0.3, -0.25) is 0 Å². The maximum Gasteiger partial charge on any atom is 0.216 e. The minimum Gasteiger partial charge on any atom is -0.443 e. The largest absolute Gasteiger partial charge is 0.443 e. The molecule has 28 heavy (non-hydrogen) atoms. The molecule has 0 aliphatic carbocycles. The molecule has 1 aliphatic rings. The van der Waals surface area contributed by atoms with Gasteiger partial charge in [0.2, 0.25) is 5.89 Å². The first-order valence-corrected chi connectivity index (χ1v) is 10.1. The first-order chi connectivity index (χ1) is 13.5. The molecular formula is C21H32N6O. The van der Waals surface area contributed by atoms with E-state index in [0.717, 1.165) is 50.0 Å². The molecule has 7 nitrogen and oxygen atoms in total. The predicted octanol–water partition coefficient (Wildman–Crippen LogP) is 3.09. The monoisotopic (exact) mass is 384 g/mol. The van der Waals surface area contributed by atoms with E-state index in [9.17, 15) is 0 Å². The molecule has 3 rings (SSSR count). The van der Waals surface area contributed by atoms with Crippen LogP contribution in [0.2, 0.25) is 0 Å². The highest BCUT2D eigenvalue weighted by atomic mass is 16.4. The van der Waals surface area contributed by atoms with Crippen molar-refractivity contribution in [2.45, 2.75) is 58.5 Å². The highest BCUT2D eigenvalue weighted by Gasteiger charge is 2.21. The predicted molar refractivity (Wildman–Crippen MR) is 113 cm³/mol. The fourth-order valence-corrected chi connectivity index (χ4v) is 3.18. The molecule has 0 atom stereocenters. The van der Waals surface area contributed by atoms with Gasteiger partial charge in [0.05, 0.1) is 6.20 Å². The van der Waals surface area contributed by atoms with Crippen molar-refractivity contribution in [1.29, 1.82) is 0 Å². The van der Waals surface area contributed by atoms with Crippen LogP contribution in [0.5, 0.6) is 0 Å². The van der Waals surface area contributed by atoms with Crippen molar-refractivity contribution >= 4 is 11.8 Å². The Labute approximate surface area is 167 Å². The number of hydrogen-bond acceptors (Lipinski definition) is 5. The van der Waals surface area contributed by atoms with Crippen LogP contribution in [0.25, 0.3) is 0 Å². The number of pyridine rings is 1. The maximum absolute atomic E-state index is 5.84. The number of nitrogens with zero attached hydrogens (tertiary/aromatic N) is 4. The van der Waals surface area contributed by atoms with Crippen molar-refractivity contribution in [2.75, 3.05) is 24.5 Å². The highest BCUT2D eigenvalue weighted by molar-refractivity contribution is 5.80. The average Bonchev–Trinajstić information content (AvgIpc) is 3.17. The Balaban J connectivity index is 1.54. The van der Waals surface area contributed by atoms with Gasteiger partial charge in [0, 0.05) is 37.3 Å². The van der Waals surface area contributed by atoms with Crippen molar-refractivity contribution in [3.63, 3.8) is 0 Å². The summed E-state index contributed by atoms with van der Waals surface area (Å²) in [6.45, 7) is 11.6. The summed E-state index contributed by atoms with van der Waals surface area (Å²) >= 11 is 0. The summed E-state index contributed by atoms with van der Waals surface area (Å²) in [7, 11) is 0. The van der Waals surface area contributed by atoms with Gasteiger partial charge in [-0.05, 0) is 31.9 Å². The van der Waals surface area contributed by atoms with Crippen LogP contribution in [0.3, 0.4) is 0 Å². The Bertz CT molecular complexity index is 757. The minimum absolute atomic E-state index is 0.0424. The number of anilines is 1. The number of aliphatic imine (C=N–C) groups is 1. The lowest BCUT2D eigenvalue weighted by atomic mass is 9.94. The molecule has 2 aromatic heterocycles. The zero-order valence-corrected chi connectivity index (χ0v) is 17.4. The van der Waals surface area contributed by atoms with E-state index in [1.807, 2.05) is 18.3 Å². The van der Waals surface area contributed by atoms with Crippen LogP contribution in [-0.2, 0) is 12.0 Å². The smallest absolute Gasteiger partial charge is 0.216 e. The third-order valence-electron chi connectivity index (χ3n) is 4.82. The molecule has 152 valence electrons. The molecule has 2 N–H and O–H groups in total. The van der Waals surface area contributed by atoms with E-state index < -0.39 is 0 Å². The van der Waals surface area contributed by atoms with Crippen LogP contribution < -0.4 is 15.5 Å². The van der Waals surface area contributed by atoms with Gasteiger partial charge in [0.25, 0.3) is 0 Å². The van der Waals surface area contributed by atoms with Crippen LogP contribution in [0.4, 0.5) is 5.82 Å². The van der Waals surface area contributed by atoms with E-state index in [0.29, 0.717) is 18.5 Å². The summed E-state index contributed by atoms with van der Waals surface area (Å²) in [4.78, 5) is 15.8. The number of rotatable bonds is 5. The standard InChI is InChI=1S/C21H32N6O/c1-5-22-20(25-15-19-24-14-17(28-19)21(2,3)4)26-16-9-12-27(13-10-16)18-8-6-7-11-23-18/h6-8,11,14,16H,5,9-10,12-13,15H2,1-4H3,(H2,22,25,26). The number of aromatic nitrogens is 2. The van der Waals surface area contributed by atoms with Crippen LogP contribution >= 0.6 is 0 Å². The quantitative estimate of drug-likeness (QED) is 0.609. The molecule has 1 saturated heterocycles.